The number of piperidine rings is 1. The summed E-state index contributed by atoms with van der Waals surface area (Å²) < 4.78 is 5.16. The van der Waals surface area contributed by atoms with E-state index in [0.717, 1.165) is 110 Å². The van der Waals surface area contributed by atoms with Crippen molar-refractivity contribution in [3.8, 4) is 16.5 Å². The molecule has 17 heteroatoms. The predicted octanol–water partition coefficient (Wildman–Crippen LogP) is 8.47. The lowest BCUT2D eigenvalue weighted by atomic mass is 9.87. The molecule has 16 nitrogen and oxygen atoms in total. The SMILES string of the molecule is C=O.CC.CCc1cccc(NCCC(CCNC)c2ccc3c4c(cccc24)C(=O)N3C(CCC=O)C(=O)NC)c1.CN1CCC(Nc2cccc(-c3nc(OCC=O)c(C(=O)O)s3)c2)CC1(C)C.CO. The van der Waals surface area contributed by atoms with E-state index in [1.807, 2.05) is 70.1 Å². The van der Waals surface area contributed by atoms with E-state index < -0.39 is 12.0 Å². The van der Waals surface area contributed by atoms with Crippen LogP contribution in [-0.2, 0) is 25.6 Å². The quantitative estimate of drug-likeness (QED) is 0.0380. The number of thiazole rings is 1. The second kappa shape index (κ2) is 30.4. The molecule has 4 aromatic carbocycles. The Balaban J connectivity index is 0.000000357. The van der Waals surface area contributed by atoms with Crippen LogP contribution in [0, 0.1) is 0 Å². The van der Waals surface area contributed by atoms with Crippen molar-refractivity contribution in [1.82, 2.24) is 20.5 Å². The Bertz CT molecular complexity index is 2530. The lowest BCUT2D eigenvalue weighted by Gasteiger charge is -2.44. The molecule has 1 saturated heterocycles. The first-order valence-corrected chi connectivity index (χ1v) is 25.3. The summed E-state index contributed by atoms with van der Waals surface area (Å²) in [7, 11) is 6.68. The van der Waals surface area contributed by atoms with Crippen molar-refractivity contribution in [1.29, 1.82) is 0 Å². The minimum Gasteiger partial charge on any atom is -0.477 e. The van der Waals surface area contributed by atoms with Crippen molar-refractivity contribution in [3.05, 3.63) is 100 Å². The number of likely N-dealkylation sites (tertiary alicyclic amines) is 1. The molecule has 2 aliphatic heterocycles. The normalized spacial score (nSPS) is 15.1. The van der Waals surface area contributed by atoms with Gasteiger partial charge in [0.15, 0.2) is 11.2 Å². The number of carbonyl (C=O) groups is 6. The Kier molecular flexibility index (Phi) is 25.2. The molecule has 7 rings (SSSR count). The maximum absolute atomic E-state index is 13.6. The lowest BCUT2D eigenvalue weighted by molar-refractivity contribution is -0.122. The van der Waals surface area contributed by atoms with Crippen LogP contribution in [0.3, 0.4) is 0 Å². The summed E-state index contributed by atoms with van der Waals surface area (Å²) in [6.45, 7) is 15.2. The molecule has 0 radical (unpaired) electrons. The van der Waals surface area contributed by atoms with Gasteiger partial charge in [-0.1, -0.05) is 63.2 Å². The highest BCUT2D eigenvalue weighted by Gasteiger charge is 2.38. The number of aliphatic hydroxyl groups excluding tert-OH is 1. The molecular formula is C55H75N7O9S. The van der Waals surface area contributed by atoms with Crippen LogP contribution in [-0.4, -0.2) is 129 Å². The number of rotatable bonds is 21. The summed E-state index contributed by atoms with van der Waals surface area (Å²) in [6.07, 6.45) is 6.86. The number of carboxylic acid groups (broad SMARTS) is 1. The highest BCUT2D eigenvalue weighted by atomic mass is 32.1. The first kappa shape index (κ1) is 59.8. The van der Waals surface area contributed by atoms with E-state index in [0.29, 0.717) is 22.9 Å². The number of nitrogens with one attached hydrogen (secondary N) is 4. The van der Waals surface area contributed by atoms with Crippen molar-refractivity contribution < 1.29 is 43.7 Å². The topological polar surface area (TPSA) is 220 Å². The fourth-order valence-corrected chi connectivity index (χ4v) is 9.77. The number of anilines is 3. The lowest BCUT2D eigenvalue weighted by Crippen LogP contribution is -2.50. The maximum Gasteiger partial charge on any atom is 0.351 e. The molecule has 1 aromatic heterocycles. The number of aromatic carboxylic acids is 1. The fraction of sp³-hybridized carbons (Fsp3) is 0.436. The highest BCUT2D eigenvalue weighted by molar-refractivity contribution is 7.17. The molecule has 3 atom stereocenters. The van der Waals surface area contributed by atoms with Crippen molar-refractivity contribution in [2.45, 2.75) is 103 Å². The number of aryl methyl sites for hydroxylation is 1. The van der Waals surface area contributed by atoms with Crippen LogP contribution >= 0.6 is 11.3 Å². The zero-order valence-electron chi connectivity index (χ0n) is 43.4. The summed E-state index contributed by atoms with van der Waals surface area (Å²) >= 11 is 1.04. The highest BCUT2D eigenvalue weighted by Crippen LogP contribution is 2.43. The van der Waals surface area contributed by atoms with E-state index in [9.17, 15) is 29.1 Å². The summed E-state index contributed by atoms with van der Waals surface area (Å²) in [4.78, 5) is 75.6. The van der Waals surface area contributed by atoms with E-state index in [4.69, 9.17) is 14.6 Å². The first-order chi connectivity index (χ1) is 34.8. The summed E-state index contributed by atoms with van der Waals surface area (Å²) in [5.41, 5.74) is 6.94. The van der Waals surface area contributed by atoms with Gasteiger partial charge in [0.1, 0.15) is 30.7 Å². The Morgan fingerprint density at radius 2 is 1.64 bits per heavy atom. The van der Waals surface area contributed by atoms with Gasteiger partial charge in [-0.2, -0.15) is 0 Å². The maximum atomic E-state index is 13.6. The number of benzene rings is 4. The van der Waals surface area contributed by atoms with E-state index >= 15 is 0 Å². The van der Waals surface area contributed by atoms with Crippen LogP contribution in [0.5, 0.6) is 5.88 Å². The molecule has 3 heterocycles. The van der Waals surface area contributed by atoms with Crippen molar-refractivity contribution in [3.63, 3.8) is 0 Å². The number of aromatic nitrogens is 1. The molecule has 0 bridgehead atoms. The van der Waals surface area contributed by atoms with E-state index in [1.165, 1.54) is 11.1 Å². The number of carboxylic acids is 1. The van der Waals surface area contributed by atoms with Gasteiger partial charge in [-0.25, -0.2) is 9.78 Å². The molecule has 2 amide bonds. The second-order valence-corrected chi connectivity index (χ2v) is 18.4. The monoisotopic (exact) mass is 1010 g/mol. The van der Waals surface area contributed by atoms with Gasteiger partial charge in [0.25, 0.3) is 5.91 Å². The fourth-order valence-electron chi connectivity index (χ4n) is 8.92. The number of likely N-dealkylation sites (N-methyl/N-ethyl adjacent to an activating group) is 1. The molecule has 3 unspecified atom stereocenters. The second-order valence-electron chi connectivity index (χ2n) is 17.4. The smallest absolute Gasteiger partial charge is 0.351 e. The number of nitrogens with zero attached hydrogens (tertiary/aromatic N) is 3. The van der Waals surface area contributed by atoms with Crippen molar-refractivity contribution >= 4 is 76.3 Å². The van der Waals surface area contributed by atoms with Gasteiger partial charge in [0, 0.05) is 73.1 Å². The van der Waals surface area contributed by atoms with Crippen LogP contribution in [0.2, 0.25) is 0 Å². The van der Waals surface area contributed by atoms with Gasteiger partial charge in [0.2, 0.25) is 11.8 Å². The zero-order valence-corrected chi connectivity index (χ0v) is 44.2. The Hall–Kier alpha value is -6.53. The van der Waals surface area contributed by atoms with E-state index in [-0.39, 0.29) is 53.5 Å². The van der Waals surface area contributed by atoms with Gasteiger partial charge < -0.3 is 50.7 Å². The Morgan fingerprint density at radius 1 is 0.944 bits per heavy atom. The van der Waals surface area contributed by atoms with Crippen LogP contribution in [0.1, 0.15) is 110 Å². The molecule has 1 fully saturated rings. The van der Waals surface area contributed by atoms with E-state index in [2.05, 4.69) is 95.4 Å². The van der Waals surface area contributed by atoms with Crippen molar-refractivity contribution in [2.24, 2.45) is 0 Å². The molecule has 390 valence electrons. The van der Waals surface area contributed by atoms with Gasteiger partial charge in [-0.15, -0.1) is 11.3 Å². The van der Waals surface area contributed by atoms with Gasteiger partial charge >= 0.3 is 5.97 Å². The van der Waals surface area contributed by atoms with Crippen LogP contribution < -0.4 is 30.9 Å². The number of amides is 2. The average Bonchev–Trinajstić information content (AvgIpc) is 3.97. The number of aliphatic hydroxyl groups is 1. The van der Waals surface area contributed by atoms with Gasteiger partial charge in [-0.3, -0.25) is 19.3 Å². The zero-order chi connectivity index (χ0) is 53.4. The van der Waals surface area contributed by atoms with Crippen molar-refractivity contribution in [2.75, 3.05) is 70.0 Å². The number of ether oxygens (including phenoxy) is 1. The number of aldehydes is 2. The Morgan fingerprint density at radius 3 is 2.29 bits per heavy atom. The third kappa shape index (κ3) is 15.5. The standard InChI is InChI=1S/C31H38N4O3.C20H25N3O4S.C2H6.CH4O.CH2O/c1-4-21-8-5-9-23(20-21)34-18-16-22(15-17-32-2)24-13-14-27-29-25(24)10-6-11-26(29)31(38)35(27)28(12-7-19-36)30(37)33-3;1-20(2)12-15(7-8-23(20)3)21-14-6-4-5-13(11-14)18-22-17(27-10-9-24)16(28-18)19(25)26;3*1-2/h5-6,8-11,13-14,19-20,22,28,32,34H,4,7,12,15-18H2,1-3H3,(H,33,37);4-6,9,11,15,21H,7-8,10,12H2,1-3H3,(H,25,26);1-2H3;2H,1H3;1H2. The molecule has 0 aliphatic carbocycles. The minimum absolute atomic E-state index is 0.00715. The summed E-state index contributed by atoms with van der Waals surface area (Å²) in [6, 6.07) is 25.9. The van der Waals surface area contributed by atoms with Crippen LogP contribution in [0.15, 0.2) is 78.9 Å². The Labute approximate surface area is 428 Å². The molecule has 0 saturated carbocycles. The third-order valence-corrected chi connectivity index (χ3v) is 13.7. The summed E-state index contributed by atoms with van der Waals surface area (Å²) in [5.74, 6) is -1.31. The molecule has 0 spiro atoms. The molecule has 6 N–H and O–H groups in total. The minimum atomic E-state index is -1.12. The summed E-state index contributed by atoms with van der Waals surface area (Å²) in [5, 5.41) is 32.0. The van der Waals surface area contributed by atoms with Gasteiger partial charge in [0.05, 0.1) is 5.69 Å². The number of hydrogen-bond donors (Lipinski definition) is 6. The van der Waals surface area contributed by atoms with Crippen LogP contribution in [0.4, 0.5) is 17.1 Å². The predicted molar refractivity (Wildman–Crippen MR) is 290 cm³/mol. The molecular weight excluding hydrogens is 935 g/mol. The number of carbonyl (C=O) groups excluding carboxylic acids is 5. The largest absolute Gasteiger partial charge is 0.477 e. The molecule has 5 aromatic rings. The van der Waals surface area contributed by atoms with E-state index in [1.54, 1.807) is 11.9 Å². The molecule has 2 aliphatic rings. The van der Waals surface area contributed by atoms with Crippen LogP contribution in [0.25, 0.3) is 21.3 Å². The molecule has 72 heavy (non-hydrogen) atoms. The average molecular weight is 1010 g/mol. The first-order valence-electron chi connectivity index (χ1n) is 24.5. The number of hydrogen-bond acceptors (Lipinski definition) is 14. The third-order valence-electron chi connectivity index (χ3n) is 12.7. The van der Waals surface area contributed by atoms with Gasteiger partial charge in [-0.05, 0) is 132 Å².